The van der Waals surface area contributed by atoms with Crippen molar-refractivity contribution in [3.8, 4) is 0 Å². The van der Waals surface area contributed by atoms with Crippen LogP contribution in [0.1, 0.15) is 50.6 Å². The minimum Gasteiger partial charge on any atom is -0.354 e. The minimum atomic E-state index is -0.00372. The van der Waals surface area contributed by atoms with Crippen LogP contribution in [0, 0.1) is 5.92 Å². The van der Waals surface area contributed by atoms with Gasteiger partial charge in [0.15, 0.2) is 5.65 Å². The Balaban J connectivity index is 1.37. The van der Waals surface area contributed by atoms with E-state index >= 15 is 0 Å². The first-order valence-electron chi connectivity index (χ1n) is 9.59. The van der Waals surface area contributed by atoms with Crippen LogP contribution < -0.4 is 5.32 Å². The average Bonchev–Trinajstić information content (AvgIpc) is 3.28. The highest BCUT2D eigenvalue weighted by Gasteiger charge is 2.31. The molecule has 0 unspecified atom stereocenters. The van der Waals surface area contributed by atoms with Crippen LogP contribution in [0.4, 0.5) is 0 Å². The van der Waals surface area contributed by atoms with Crippen LogP contribution in [0.2, 0.25) is 0 Å². The number of nitrogens with one attached hydrogen (secondary N) is 1. The van der Waals surface area contributed by atoms with E-state index in [-0.39, 0.29) is 11.9 Å². The van der Waals surface area contributed by atoms with E-state index in [4.69, 9.17) is 0 Å². The van der Waals surface area contributed by atoms with E-state index < -0.39 is 0 Å². The maximum absolute atomic E-state index is 12.7. The molecular weight excluding hydrogens is 314 g/mol. The van der Waals surface area contributed by atoms with Gasteiger partial charge in [0.2, 0.25) is 5.91 Å². The molecule has 1 aliphatic carbocycles. The summed E-state index contributed by atoms with van der Waals surface area (Å²) >= 11 is 0. The smallest absolute Gasteiger partial charge is 0.237 e. The molecule has 1 saturated heterocycles. The molecule has 3 heterocycles. The van der Waals surface area contributed by atoms with E-state index in [0.717, 1.165) is 43.8 Å². The first kappa shape index (κ1) is 16.5. The number of likely N-dealkylation sites (tertiary alicyclic amines) is 1. The largest absolute Gasteiger partial charge is 0.354 e. The van der Waals surface area contributed by atoms with Crippen LogP contribution in [0.15, 0.2) is 24.8 Å². The van der Waals surface area contributed by atoms with Gasteiger partial charge in [0.1, 0.15) is 0 Å². The van der Waals surface area contributed by atoms with Gasteiger partial charge in [-0.2, -0.15) is 0 Å². The fraction of sp³-hybridized carbons (Fsp3) is 0.632. The highest BCUT2D eigenvalue weighted by molar-refractivity contribution is 5.82. The molecule has 2 aromatic rings. The second kappa shape index (κ2) is 7.52. The number of imidazole rings is 1. The Kier molecular flexibility index (Phi) is 4.97. The Hall–Kier alpha value is -1.95. The molecule has 1 atom stereocenters. The molecule has 2 aliphatic rings. The predicted octanol–water partition coefficient (Wildman–Crippen LogP) is 2.39. The van der Waals surface area contributed by atoms with Crippen LogP contribution in [0.3, 0.4) is 0 Å². The topological polar surface area (TPSA) is 62.5 Å². The van der Waals surface area contributed by atoms with Crippen molar-refractivity contribution in [1.29, 1.82) is 0 Å². The van der Waals surface area contributed by atoms with Gasteiger partial charge in [0, 0.05) is 25.5 Å². The van der Waals surface area contributed by atoms with Gasteiger partial charge in [-0.05, 0) is 38.1 Å². The molecule has 0 radical (unpaired) electrons. The van der Waals surface area contributed by atoms with E-state index in [0.29, 0.717) is 5.92 Å². The summed E-state index contributed by atoms with van der Waals surface area (Å²) in [6.45, 7) is 2.58. The van der Waals surface area contributed by atoms with Crippen molar-refractivity contribution in [2.45, 2.75) is 57.5 Å². The third-order valence-electron chi connectivity index (χ3n) is 5.72. The molecule has 2 aromatic heterocycles. The lowest BCUT2D eigenvalue weighted by atomic mass is 9.89. The number of nitrogens with zero attached hydrogens (tertiary/aromatic N) is 4. The van der Waals surface area contributed by atoms with Crippen LogP contribution in [0.5, 0.6) is 0 Å². The van der Waals surface area contributed by atoms with E-state index in [1.54, 1.807) is 12.4 Å². The fourth-order valence-corrected chi connectivity index (χ4v) is 4.29. The van der Waals surface area contributed by atoms with Crippen LogP contribution in [-0.4, -0.2) is 44.3 Å². The van der Waals surface area contributed by atoms with Gasteiger partial charge in [0.05, 0.1) is 24.1 Å². The van der Waals surface area contributed by atoms with Crippen molar-refractivity contribution in [2.24, 2.45) is 5.92 Å². The second-order valence-electron chi connectivity index (χ2n) is 7.43. The van der Waals surface area contributed by atoms with Gasteiger partial charge < -0.3 is 5.32 Å². The van der Waals surface area contributed by atoms with Crippen LogP contribution in [-0.2, 0) is 11.3 Å². The normalized spacial score (nSPS) is 22.5. The van der Waals surface area contributed by atoms with E-state index in [1.165, 1.54) is 32.1 Å². The average molecular weight is 341 g/mol. The summed E-state index contributed by atoms with van der Waals surface area (Å²) in [7, 11) is 0. The Bertz CT molecular complexity index is 721. The Labute approximate surface area is 148 Å². The molecule has 1 amide bonds. The molecule has 1 N–H and O–H groups in total. The van der Waals surface area contributed by atoms with Crippen LogP contribution >= 0.6 is 0 Å². The number of rotatable bonds is 5. The van der Waals surface area contributed by atoms with Gasteiger partial charge >= 0.3 is 0 Å². The minimum absolute atomic E-state index is 0.00372. The number of hydrogen-bond donors (Lipinski definition) is 1. The maximum Gasteiger partial charge on any atom is 0.237 e. The molecule has 134 valence electrons. The third-order valence-corrected chi connectivity index (χ3v) is 5.72. The number of carbonyl (C=O) groups is 1. The van der Waals surface area contributed by atoms with Crippen molar-refractivity contribution in [1.82, 2.24) is 24.6 Å². The fourth-order valence-electron chi connectivity index (χ4n) is 4.29. The number of hydrogen-bond acceptors (Lipinski definition) is 4. The molecule has 0 bridgehead atoms. The van der Waals surface area contributed by atoms with Crippen LogP contribution in [0.25, 0.3) is 5.65 Å². The molecule has 6 nitrogen and oxygen atoms in total. The standard InChI is InChI=1S/C19H27N5O/c25-19(22-11-15-5-2-1-3-6-15)17-7-4-9-23(17)14-16-12-21-18-13-20-8-10-24(16)18/h8,10,12-13,15,17H,1-7,9,11,14H2,(H,22,25)/t17-/m0/s1. The maximum atomic E-state index is 12.7. The summed E-state index contributed by atoms with van der Waals surface area (Å²) in [5, 5.41) is 3.23. The Morgan fingerprint density at radius 2 is 2.04 bits per heavy atom. The third kappa shape index (κ3) is 3.68. The van der Waals surface area contributed by atoms with E-state index in [9.17, 15) is 4.79 Å². The molecule has 25 heavy (non-hydrogen) atoms. The summed E-state index contributed by atoms with van der Waals surface area (Å²) < 4.78 is 2.06. The summed E-state index contributed by atoms with van der Waals surface area (Å²) in [5.41, 5.74) is 1.97. The number of amides is 1. The lowest BCUT2D eigenvalue weighted by molar-refractivity contribution is -0.125. The van der Waals surface area contributed by atoms with Crippen molar-refractivity contribution >= 4 is 11.6 Å². The molecule has 1 aliphatic heterocycles. The monoisotopic (exact) mass is 341 g/mol. The molecule has 0 spiro atoms. The summed E-state index contributed by atoms with van der Waals surface area (Å²) in [5.74, 6) is 0.886. The van der Waals surface area contributed by atoms with Crippen molar-refractivity contribution in [2.75, 3.05) is 13.1 Å². The molecule has 1 saturated carbocycles. The summed E-state index contributed by atoms with van der Waals surface area (Å²) in [4.78, 5) is 23.5. The second-order valence-corrected chi connectivity index (χ2v) is 7.43. The number of carbonyl (C=O) groups excluding carboxylic acids is 1. The predicted molar refractivity (Wildman–Crippen MR) is 96.0 cm³/mol. The van der Waals surface area contributed by atoms with Crippen molar-refractivity contribution in [3.63, 3.8) is 0 Å². The summed E-state index contributed by atoms with van der Waals surface area (Å²) in [6.07, 6.45) is 15.9. The molecule has 6 heteroatoms. The van der Waals surface area contributed by atoms with Gasteiger partial charge in [0.25, 0.3) is 0 Å². The highest BCUT2D eigenvalue weighted by atomic mass is 16.2. The van der Waals surface area contributed by atoms with E-state index in [1.807, 2.05) is 12.4 Å². The SMILES string of the molecule is O=C(NCC1CCCCC1)[C@@H]1CCCN1Cc1cnc2cnccn12. The van der Waals surface area contributed by atoms with Gasteiger partial charge in [-0.1, -0.05) is 19.3 Å². The number of aromatic nitrogens is 3. The van der Waals surface area contributed by atoms with Crippen molar-refractivity contribution in [3.05, 3.63) is 30.5 Å². The molecular formula is C19H27N5O. The number of fused-ring (bicyclic) bond motifs is 1. The molecule has 4 rings (SSSR count). The highest BCUT2D eigenvalue weighted by Crippen LogP contribution is 2.24. The van der Waals surface area contributed by atoms with Gasteiger partial charge in [-0.3, -0.25) is 19.1 Å². The zero-order valence-electron chi connectivity index (χ0n) is 14.7. The molecule has 0 aromatic carbocycles. The Morgan fingerprint density at radius 3 is 2.92 bits per heavy atom. The Morgan fingerprint density at radius 1 is 1.16 bits per heavy atom. The van der Waals surface area contributed by atoms with Gasteiger partial charge in [-0.25, -0.2) is 4.98 Å². The first-order chi connectivity index (χ1) is 12.3. The lowest BCUT2D eigenvalue weighted by Gasteiger charge is -2.26. The van der Waals surface area contributed by atoms with Gasteiger partial charge in [-0.15, -0.1) is 0 Å². The quantitative estimate of drug-likeness (QED) is 0.907. The van der Waals surface area contributed by atoms with Crippen molar-refractivity contribution < 1.29 is 4.79 Å². The summed E-state index contributed by atoms with van der Waals surface area (Å²) in [6, 6.07) is -0.00372. The lowest BCUT2D eigenvalue weighted by Crippen LogP contribution is -2.44. The van der Waals surface area contributed by atoms with E-state index in [2.05, 4.69) is 24.6 Å². The zero-order chi connectivity index (χ0) is 17.1. The first-order valence-corrected chi connectivity index (χ1v) is 9.59. The molecule has 2 fully saturated rings. The zero-order valence-corrected chi connectivity index (χ0v) is 14.7.